The molecule has 0 radical (unpaired) electrons. The summed E-state index contributed by atoms with van der Waals surface area (Å²) in [5.41, 5.74) is 0.917. The van der Waals surface area contributed by atoms with Crippen molar-refractivity contribution in [2.24, 2.45) is 0 Å². The first-order valence-electron chi connectivity index (χ1n) is 2.91. The molecule has 9 heavy (non-hydrogen) atoms. The minimum Gasteiger partial charge on any atom is -0.343 e. The third-order valence-electron chi connectivity index (χ3n) is 0.354. The predicted molar refractivity (Wildman–Crippen MR) is 40.4 cm³/mol. The maximum absolute atomic E-state index is 3.60. The Labute approximate surface area is 72.5 Å². The Morgan fingerprint density at radius 3 is 1.67 bits per heavy atom. The Morgan fingerprint density at radius 1 is 1.56 bits per heavy atom. The summed E-state index contributed by atoms with van der Waals surface area (Å²) in [7, 11) is 0. The van der Waals surface area contributed by atoms with Crippen LogP contribution < -0.4 is 0 Å². The first-order chi connectivity index (χ1) is 3.65. The van der Waals surface area contributed by atoms with Crippen molar-refractivity contribution in [2.75, 3.05) is 0 Å². The van der Waals surface area contributed by atoms with E-state index in [2.05, 4.69) is 27.4 Å². The molecule has 0 rings (SSSR count). The average Bonchev–Trinajstić information content (AvgIpc) is 1.65. The van der Waals surface area contributed by atoms with E-state index >= 15 is 0 Å². The Hall–Kier alpha value is 0.233. The summed E-state index contributed by atoms with van der Waals surface area (Å²) in [6.45, 7) is 14.5. The Kier molecular flexibility index (Phi) is 28.2. The van der Waals surface area contributed by atoms with Crippen LogP contribution in [0.3, 0.4) is 0 Å². The van der Waals surface area contributed by atoms with Crippen molar-refractivity contribution < 1.29 is 19.5 Å². The minimum atomic E-state index is 0. The van der Waals surface area contributed by atoms with Gasteiger partial charge in [0.1, 0.15) is 0 Å². The second-order valence-electron chi connectivity index (χ2n) is 1.81. The molecular weight excluding hydrogens is 161 g/mol. The number of hydrogen-bond donors (Lipinski definition) is 0. The summed E-state index contributed by atoms with van der Waals surface area (Å²) in [6.07, 6.45) is 2.28. The van der Waals surface area contributed by atoms with Crippen molar-refractivity contribution >= 4 is 0 Å². The standard InChI is InChI=1S/C4H7.C4H9.Zn/c1-4(2)3;1-3-4-2;/h1-2H2,3H3;1,3-4H2,2H3;/q2*-1;+2. The van der Waals surface area contributed by atoms with Crippen molar-refractivity contribution in [3.8, 4) is 0 Å². The van der Waals surface area contributed by atoms with Gasteiger partial charge in [0.05, 0.1) is 0 Å². The number of allylic oxidation sites excluding steroid dienone is 1. The van der Waals surface area contributed by atoms with Crippen LogP contribution in [-0.4, -0.2) is 0 Å². The van der Waals surface area contributed by atoms with E-state index in [1.807, 2.05) is 6.92 Å². The molecule has 0 fully saturated rings. The van der Waals surface area contributed by atoms with Crippen molar-refractivity contribution in [1.29, 1.82) is 0 Å². The van der Waals surface area contributed by atoms with Gasteiger partial charge in [0.25, 0.3) is 0 Å². The van der Waals surface area contributed by atoms with E-state index in [4.69, 9.17) is 0 Å². The van der Waals surface area contributed by atoms with Gasteiger partial charge in [-0.2, -0.15) is 6.42 Å². The molecule has 50 valence electrons. The summed E-state index contributed by atoms with van der Waals surface area (Å²) < 4.78 is 0. The van der Waals surface area contributed by atoms with Gasteiger partial charge in [-0.3, -0.25) is 0 Å². The summed E-state index contributed by atoms with van der Waals surface area (Å²) >= 11 is 0. The normalized spacial score (nSPS) is 6.11. The van der Waals surface area contributed by atoms with Gasteiger partial charge in [-0.15, -0.1) is 0 Å². The van der Waals surface area contributed by atoms with Crippen LogP contribution in [0.25, 0.3) is 0 Å². The van der Waals surface area contributed by atoms with E-state index in [1.54, 1.807) is 0 Å². The fourth-order valence-corrected chi connectivity index (χ4v) is 0. The topological polar surface area (TPSA) is 0 Å². The van der Waals surface area contributed by atoms with E-state index < -0.39 is 0 Å². The van der Waals surface area contributed by atoms with Crippen LogP contribution in [0.15, 0.2) is 12.2 Å². The molecule has 0 aliphatic carbocycles. The number of unbranched alkanes of at least 4 members (excludes halogenated alkanes) is 1. The van der Waals surface area contributed by atoms with Crippen molar-refractivity contribution in [1.82, 2.24) is 0 Å². The van der Waals surface area contributed by atoms with E-state index in [0.717, 1.165) is 12.0 Å². The van der Waals surface area contributed by atoms with Gasteiger partial charge in [-0.25, -0.2) is 19.1 Å². The number of rotatable bonds is 1. The van der Waals surface area contributed by atoms with Crippen molar-refractivity contribution in [3.05, 3.63) is 26.0 Å². The molecule has 1 heteroatoms. The van der Waals surface area contributed by atoms with E-state index in [1.165, 1.54) is 6.42 Å². The molecule has 0 aliphatic heterocycles. The second kappa shape index (κ2) is 15.7. The minimum absolute atomic E-state index is 0. The quantitative estimate of drug-likeness (QED) is 0.427. The van der Waals surface area contributed by atoms with Gasteiger partial charge < -0.3 is 6.92 Å². The van der Waals surface area contributed by atoms with E-state index in [9.17, 15) is 0 Å². The Balaban J connectivity index is -0.0000000720. The third-order valence-corrected chi connectivity index (χ3v) is 0.354. The first-order valence-corrected chi connectivity index (χ1v) is 2.91. The van der Waals surface area contributed by atoms with Crippen LogP contribution in [0, 0.1) is 13.8 Å². The molecule has 0 aromatic heterocycles. The molecule has 0 spiro atoms. The van der Waals surface area contributed by atoms with Crippen LogP contribution in [0.1, 0.15) is 26.7 Å². The summed E-state index contributed by atoms with van der Waals surface area (Å²) in [5, 5.41) is 0. The predicted octanol–water partition coefficient (Wildman–Crippen LogP) is 3.01. The maximum Gasteiger partial charge on any atom is 2.00 e. The van der Waals surface area contributed by atoms with Gasteiger partial charge in [-0.1, -0.05) is 20.3 Å². The van der Waals surface area contributed by atoms with Crippen LogP contribution in [0.5, 0.6) is 0 Å². The molecule has 0 N–H and O–H groups in total. The van der Waals surface area contributed by atoms with Crippen LogP contribution in [0.4, 0.5) is 0 Å². The molecule has 0 heterocycles. The van der Waals surface area contributed by atoms with Crippen LogP contribution in [-0.2, 0) is 19.5 Å². The molecule has 0 saturated carbocycles. The SMILES string of the molecule is C=C([CH2-])C.[CH2-]CCC.[Zn+2]. The average molecular weight is 178 g/mol. The molecule has 0 amide bonds. The zero-order chi connectivity index (χ0) is 6.99. The smallest absolute Gasteiger partial charge is 0.343 e. The van der Waals surface area contributed by atoms with E-state index in [-0.39, 0.29) is 19.5 Å². The fourth-order valence-electron chi connectivity index (χ4n) is 0. The van der Waals surface area contributed by atoms with Crippen molar-refractivity contribution in [2.45, 2.75) is 26.7 Å². The van der Waals surface area contributed by atoms with Crippen LogP contribution >= 0.6 is 0 Å². The van der Waals surface area contributed by atoms with Gasteiger partial charge in [0.15, 0.2) is 0 Å². The third kappa shape index (κ3) is 210. The monoisotopic (exact) mass is 176 g/mol. The molecule has 0 aromatic carbocycles. The Morgan fingerprint density at radius 2 is 1.67 bits per heavy atom. The van der Waals surface area contributed by atoms with Gasteiger partial charge in [0.2, 0.25) is 0 Å². The van der Waals surface area contributed by atoms with Gasteiger partial charge in [0, 0.05) is 0 Å². The molecule has 0 aromatic rings. The van der Waals surface area contributed by atoms with Gasteiger partial charge in [-0.05, 0) is 0 Å². The summed E-state index contributed by atoms with van der Waals surface area (Å²) in [6, 6.07) is 0. The van der Waals surface area contributed by atoms with E-state index in [0.29, 0.717) is 0 Å². The second-order valence-corrected chi connectivity index (χ2v) is 1.81. The maximum atomic E-state index is 3.60. The summed E-state index contributed by atoms with van der Waals surface area (Å²) in [5.74, 6) is 0. The number of hydrogen-bond acceptors (Lipinski definition) is 0. The zero-order valence-electron chi connectivity index (χ0n) is 6.74. The molecule has 0 nitrogen and oxygen atoms in total. The molecule has 0 unspecified atom stereocenters. The fraction of sp³-hybridized carbons (Fsp3) is 0.500. The zero-order valence-corrected chi connectivity index (χ0v) is 9.71. The first kappa shape index (κ1) is 16.1. The molecule has 0 aliphatic rings. The summed E-state index contributed by atoms with van der Waals surface area (Å²) in [4.78, 5) is 0. The molecular formula is C8H16Zn. The van der Waals surface area contributed by atoms with Gasteiger partial charge >= 0.3 is 19.5 Å². The van der Waals surface area contributed by atoms with Crippen LogP contribution in [0.2, 0.25) is 0 Å². The molecule has 0 bridgehead atoms. The molecule has 0 atom stereocenters. The Bertz CT molecular complexity index is 42.5. The van der Waals surface area contributed by atoms with Crippen molar-refractivity contribution in [3.63, 3.8) is 0 Å². The molecule has 0 saturated heterocycles. The largest absolute Gasteiger partial charge is 2.00 e.